The fraction of sp³-hybridized carbons (Fsp3) is 0.571. The van der Waals surface area contributed by atoms with E-state index < -0.39 is 75.0 Å². The second kappa shape index (κ2) is 13.0. The summed E-state index contributed by atoms with van der Waals surface area (Å²) in [6, 6.07) is 0. The summed E-state index contributed by atoms with van der Waals surface area (Å²) in [6.07, 6.45) is 0. The fourth-order valence-corrected chi connectivity index (χ4v) is 1.96. The molecule has 28 heavy (non-hydrogen) atoms. The molecule has 0 fully saturated rings. The Bertz CT molecular complexity index is 557. The van der Waals surface area contributed by atoms with Gasteiger partial charge in [-0.05, 0) is 0 Å². The van der Waals surface area contributed by atoms with Crippen LogP contribution < -0.4 is 10.6 Å². The third-order valence-corrected chi connectivity index (χ3v) is 3.06. The van der Waals surface area contributed by atoms with E-state index in [0.29, 0.717) is 0 Å². The van der Waals surface area contributed by atoms with Gasteiger partial charge in [0.15, 0.2) is 0 Å². The Labute approximate surface area is 158 Å². The zero-order valence-electron chi connectivity index (χ0n) is 14.8. The van der Waals surface area contributed by atoms with Gasteiger partial charge in [-0.1, -0.05) is 0 Å². The Balaban J connectivity index is 4.80. The van der Waals surface area contributed by atoms with Crippen molar-refractivity contribution in [1.29, 1.82) is 0 Å². The lowest BCUT2D eigenvalue weighted by Crippen LogP contribution is -2.47. The predicted molar refractivity (Wildman–Crippen MR) is 89.4 cm³/mol. The van der Waals surface area contributed by atoms with Crippen molar-refractivity contribution < 1.29 is 49.2 Å². The van der Waals surface area contributed by atoms with Crippen molar-refractivity contribution in [3.63, 3.8) is 0 Å². The summed E-state index contributed by atoms with van der Waals surface area (Å²) >= 11 is 0. The number of carbonyl (C=O) groups is 6. The highest BCUT2D eigenvalue weighted by atomic mass is 16.4. The van der Waals surface area contributed by atoms with Crippen LogP contribution >= 0.6 is 0 Å². The van der Waals surface area contributed by atoms with Crippen LogP contribution in [0.25, 0.3) is 0 Å². The van der Waals surface area contributed by atoms with E-state index in [4.69, 9.17) is 20.4 Å². The molecule has 0 saturated carbocycles. The third kappa shape index (κ3) is 14.0. The molecule has 14 nitrogen and oxygen atoms in total. The Morgan fingerprint density at radius 3 is 1.11 bits per heavy atom. The third-order valence-electron chi connectivity index (χ3n) is 3.06. The number of carbonyl (C=O) groups excluding carboxylic acids is 2. The Kier molecular flexibility index (Phi) is 11.5. The van der Waals surface area contributed by atoms with E-state index in [9.17, 15) is 28.8 Å². The Morgan fingerprint density at radius 2 is 0.857 bits per heavy atom. The van der Waals surface area contributed by atoms with Gasteiger partial charge in [0, 0.05) is 13.1 Å². The summed E-state index contributed by atoms with van der Waals surface area (Å²) in [5, 5.41) is 38.9. The zero-order chi connectivity index (χ0) is 21.7. The second-order valence-corrected chi connectivity index (χ2v) is 5.55. The van der Waals surface area contributed by atoms with Crippen molar-refractivity contribution in [2.24, 2.45) is 0 Å². The Hall–Kier alpha value is -3.26. The molecule has 0 aromatic rings. The number of nitrogens with zero attached hydrogens (tertiary/aromatic N) is 2. The number of rotatable bonds is 15. The maximum absolute atomic E-state index is 11.7. The van der Waals surface area contributed by atoms with Crippen LogP contribution in [0.5, 0.6) is 0 Å². The lowest BCUT2D eigenvalue weighted by atomic mass is 10.3. The molecule has 0 saturated heterocycles. The monoisotopic (exact) mass is 406 g/mol. The molecule has 158 valence electrons. The summed E-state index contributed by atoms with van der Waals surface area (Å²) in [7, 11) is 0. The molecule has 0 aliphatic heterocycles. The first kappa shape index (κ1) is 24.7. The van der Waals surface area contributed by atoms with Crippen LogP contribution in [0.1, 0.15) is 0 Å². The van der Waals surface area contributed by atoms with Gasteiger partial charge in [0.2, 0.25) is 11.8 Å². The topological polar surface area (TPSA) is 214 Å². The molecular weight excluding hydrogens is 384 g/mol. The standard InChI is InChI=1S/C14H22N4O10/c19-9(15-3-11(21)22)5-17(7-13(25)26)1-2-18(8-14(27)28)6-10(20)16-4-12(23)24/h1-8H2,(H,15,19)(H,16,20)(H,21,22)(H,23,24)(H,25,26)(H,27,28). The average molecular weight is 406 g/mol. The lowest BCUT2D eigenvalue weighted by Gasteiger charge is -2.25. The van der Waals surface area contributed by atoms with Gasteiger partial charge in [0.1, 0.15) is 13.1 Å². The van der Waals surface area contributed by atoms with Crippen LogP contribution in [0.15, 0.2) is 0 Å². The van der Waals surface area contributed by atoms with Gasteiger partial charge in [0.05, 0.1) is 26.2 Å². The molecule has 0 unspecified atom stereocenters. The van der Waals surface area contributed by atoms with Crippen molar-refractivity contribution in [2.75, 3.05) is 52.4 Å². The molecule has 14 heteroatoms. The molecule has 0 rings (SSSR count). The zero-order valence-corrected chi connectivity index (χ0v) is 14.8. The molecule has 0 aromatic carbocycles. The average Bonchev–Trinajstić information content (AvgIpc) is 2.54. The van der Waals surface area contributed by atoms with Gasteiger partial charge in [0.25, 0.3) is 0 Å². The maximum Gasteiger partial charge on any atom is 0.322 e. The summed E-state index contributed by atoms with van der Waals surface area (Å²) < 4.78 is 0. The largest absolute Gasteiger partial charge is 0.480 e. The minimum absolute atomic E-state index is 0.119. The normalized spacial score (nSPS) is 10.5. The molecule has 0 radical (unpaired) electrons. The van der Waals surface area contributed by atoms with Gasteiger partial charge < -0.3 is 31.1 Å². The molecule has 0 aliphatic carbocycles. The molecule has 2 amide bonds. The molecule has 0 heterocycles. The lowest BCUT2D eigenvalue weighted by molar-refractivity contribution is -0.141. The number of carboxylic acids is 4. The summed E-state index contributed by atoms with van der Waals surface area (Å²) in [6.45, 7) is -3.58. The van der Waals surface area contributed by atoms with Crippen LogP contribution in [0.3, 0.4) is 0 Å². The van der Waals surface area contributed by atoms with Gasteiger partial charge in [-0.25, -0.2) is 0 Å². The molecule has 6 N–H and O–H groups in total. The summed E-state index contributed by atoms with van der Waals surface area (Å²) in [5.41, 5.74) is 0. The SMILES string of the molecule is O=C(O)CNC(=O)CN(CCN(CC(=O)O)CC(=O)NCC(=O)O)CC(=O)O. The summed E-state index contributed by atoms with van der Waals surface area (Å²) in [4.78, 5) is 68.2. The quantitative estimate of drug-likeness (QED) is 0.154. The van der Waals surface area contributed by atoms with Gasteiger partial charge in [-0.2, -0.15) is 0 Å². The molecule has 0 aromatic heterocycles. The Morgan fingerprint density at radius 1 is 0.536 bits per heavy atom. The van der Waals surface area contributed by atoms with Crippen LogP contribution in [-0.2, 0) is 28.8 Å². The van der Waals surface area contributed by atoms with E-state index in [-0.39, 0.29) is 13.1 Å². The van der Waals surface area contributed by atoms with Crippen LogP contribution in [0, 0.1) is 0 Å². The van der Waals surface area contributed by atoms with E-state index in [1.807, 2.05) is 0 Å². The number of amides is 2. The van der Waals surface area contributed by atoms with Crippen LogP contribution in [-0.4, -0.2) is 118 Å². The fourth-order valence-electron chi connectivity index (χ4n) is 1.96. The maximum atomic E-state index is 11.7. The van der Waals surface area contributed by atoms with E-state index >= 15 is 0 Å². The molecule has 0 aliphatic rings. The van der Waals surface area contributed by atoms with Crippen molar-refractivity contribution in [3.05, 3.63) is 0 Å². The second-order valence-electron chi connectivity index (χ2n) is 5.55. The van der Waals surface area contributed by atoms with Crippen molar-refractivity contribution in [1.82, 2.24) is 20.4 Å². The molecular formula is C14H22N4O10. The number of carboxylic acid groups (broad SMARTS) is 4. The first-order valence-corrected chi connectivity index (χ1v) is 7.84. The molecule has 0 spiro atoms. The minimum Gasteiger partial charge on any atom is -0.480 e. The summed E-state index contributed by atoms with van der Waals surface area (Å²) in [5.74, 6) is -6.58. The van der Waals surface area contributed by atoms with E-state index in [1.165, 1.54) is 0 Å². The van der Waals surface area contributed by atoms with Crippen LogP contribution in [0.2, 0.25) is 0 Å². The first-order chi connectivity index (χ1) is 13.0. The highest BCUT2D eigenvalue weighted by Gasteiger charge is 2.19. The first-order valence-electron chi connectivity index (χ1n) is 7.84. The van der Waals surface area contributed by atoms with E-state index in [0.717, 1.165) is 9.80 Å². The molecule has 0 bridgehead atoms. The van der Waals surface area contributed by atoms with Crippen LogP contribution in [0.4, 0.5) is 0 Å². The predicted octanol–water partition coefficient (Wildman–Crippen LogP) is -3.84. The minimum atomic E-state index is -1.28. The van der Waals surface area contributed by atoms with Gasteiger partial charge in [-0.15, -0.1) is 0 Å². The van der Waals surface area contributed by atoms with Crippen molar-refractivity contribution in [3.8, 4) is 0 Å². The molecule has 0 atom stereocenters. The van der Waals surface area contributed by atoms with Crippen molar-refractivity contribution in [2.45, 2.75) is 0 Å². The van der Waals surface area contributed by atoms with Gasteiger partial charge in [-0.3, -0.25) is 38.6 Å². The highest BCUT2D eigenvalue weighted by molar-refractivity contribution is 5.83. The number of aliphatic carboxylic acids is 4. The smallest absolute Gasteiger partial charge is 0.322 e. The van der Waals surface area contributed by atoms with E-state index in [1.54, 1.807) is 0 Å². The van der Waals surface area contributed by atoms with Crippen molar-refractivity contribution >= 4 is 35.7 Å². The van der Waals surface area contributed by atoms with E-state index in [2.05, 4.69) is 10.6 Å². The number of nitrogens with one attached hydrogen (secondary N) is 2. The number of hydrogen-bond donors (Lipinski definition) is 6. The highest BCUT2D eigenvalue weighted by Crippen LogP contribution is 1.94. The number of hydrogen-bond acceptors (Lipinski definition) is 8. The van der Waals surface area contributed by atoms with Gasteiger partial charge >= 0.3 is 23.9 Å².